The molecule has 0 bridgehead atoms. The minimum atomic E-state index is 0.0174. The van der Waals surface area contributed by atoms with Gasteiger partial charge in [-0.05, 0) is 24.1 Å². The number of carbonyl (C=O) groups excluding carboxylic acids is 1. The fourth-order valence-corrected chi connectivity index (χ4v) is 2.04. The number of benzene rings is 1. The van der Waals surface area contributed by atoms with Crippen molar-refractivity contribution in [1.29, 1.82) is 0 Å². The van der Waals surface area contributed by atoms with Gasteiger partial charge in [0, 0.05) is 19.2 Å². The highest BCUT2D eigenvalue weighted by Crippen LogP contribution is 2.21. The maximum Gasteiger partial charge on any atom is 0.251 e. The van der Waals surface area contributed by atoms with E-state index in [-0.39, 0.29) is 5.91 Å². The summed E-state index contributed by atoms with van der Waals surface area (Å²) in [5.41, 5.74) is 3.86. The fraction of sp³-hybridized carbons (Fsp3) is 0.273. The van der Waals surface area contributed by atoms with Gasteiger partial charge in [-0.15, -0.1) is 0 Å². The number of imidazole rings is 1. The van der Waals surface area contributed by atoms with E-state index in [9.17, 15) is 4.79 Å². The predicted molar refractivity (Wildman–Crippen MR) is 56.8 cm³/mol. The van der Waals surface area contributed by atoms with Gasteiger partial charge in [0.25, 0.3) is 5.91 Å². The quantitative estimate of drug-likeness (QED) is 0.687. The normalized spacial score (nSPS) is 15.1. The molecule has 0 atom stereocenters. The second-order valence-electron chi connectivity index (χ2n) is 3.86. The first-order valence-corrected chi connectivity index (χ1v) is 4.98. The van der Waals surface area contributed by atoms with Crippen molar-refractivity contribution < 1.29 is 4.79 Å². The number of hydrogen-bond donors (Lipinski definition) is 1. The number of amides is 1. The van der Waals surface area contributed by atoms with Crippen LogP contribution in [0.1, 0.15) is 15.9 Å². The number of rotatable bonds is 0. The van der Waals surface area contributed by atoms with Crippen LogP contribution in [0.15, 0.2) is 18.5 Å². The second kappa shape index (κ2) is 2.82. The molecular weight excluding hydrogens is 190 g/mol. The maximum absolute atomic E-state index is 11.6. The summed E-state index contributed by atoms with van der Waals surface area (Å²) in [6.07, 6.45) is 2.68. The Kier molecular flexibility index (Phi) is 1.59. The van der Waals surface area contributed by atoms with Crippen molar-refractivity contribution in [3.05, 3.63) is 29.6 Å². The van der Waals surface area contributed by atoms with E-state index in [0.29, 0.717) is 0 Å². The molecule has 76 valence electrons. The molecule has 0 spiro atoms. The van der Waals surface area contributed by atoms with E-state index < -0.39 is 0 Å². The Hall–Kier alpha value is -1.84. The topological polar surface area (TPSA) is 46.9 Å². The first-order valence-electron chi connectivity index (χ1n) is 4.98. The molecule has 1 aliphatic rings. The molecule has 0 fully saturated rings. The largest absolute Gasteiger partial charge is 0.352 e. The molecule has 2 aromatic rings. The summed E-state index contributed by atoms with van der Waals surface area (Å²) < 4.78 is 1.97. The predicted octanol–water partition coefficient (Wildman–Crippen LogP) is 0.859. The third-order valence-corrected chi connectivity index (χ3v) is 2.87. The SMILES string of the molecule is Cn1cnc2cc3c(cc21)CCNC3=O. The van der Waals surface area contributed by atoms with Crippen molar-refractivity contribution in [2.45, 2.75) is 6.42 Å². The summed E-state index contributed by atoms with van der Waals surface area (Å²) in [4.78, 5) is 15.8. The Bertz CT molecular complexity index is 556. The van der Waals surface area contributed by atoms with Gasteiger partial charge in [0.1, 0.15) is 0 Å². The summed E-state index contributed by atoms with van der Waals surface area (Å²) >= 11 is 0. The highest BCUT2D eigenvalue weighted by molar-refractivity contribution is 6.00. The molecule has 0 aliphatic carbocycles. The second-order valence-corrected chi connectivity index (χ2v) is 3.86. The van der Waals surface area contributed by atoms with Gasteiger partial charge in [0.15, 0.2) is 0 Å². The zero-order chi connectivity index (χ0) is 10.4. The molecule has 1 aliphatic heterocycles. The lowest BCUT2D eigenvalue weighted by Gasteiger charge is -2.16. The number of nitrogens with one attached hydrogen (secondary N) is 1. The van der Waals surface area contributed by atoms with Gasteiger partial charge in [0.2, 0.25) is 0 Å². The molecule has 4 nitrogen and oxygen atoms in total. The van der Waals surface area contributed by atoms with Crippen molar-refractivity contribution in [3.8, 4) is 0 Å². The molecule has 15 heavy (non-hydrogen) atoms. The molecule has 2 heterocycles. The van der Waals surface area contributed by atoms with Gasteiger partial charge < -0.3 is 9.88 Å². The average molecular weight is 201 g/mol. The van der Waals surface area contributed by atoms with Crippen molar-refractivity contribution in [3.63, 3.8) is 0 Å². The minimum absolute atomic E-state index is 0.0174. The first-order chi connectivity index (χ1) is 7.25. The minimum Gasteiger partial charge on any atom is -0.352 e. The van der Waals surface area contributed by atoms with E-state index in [0.717, 1.165) is 35.1 Å². The lowest BCUT2D eigenvalue weighted by atomic mass is 9.99. The van der Waals surface area contributed by atoms with Crippen LogP contribution in [0, 0.1) is 0 Å². The van der Waals surface area contributed by atoms with Crippen LogP contribution in [0.25, 0.3) is 11.0 Å². The highest BCUT2D eigenvalue weighted by atomic mass is 16.1. The highest BCUT2D eigenvalue weighted by Gasteiger charge is 2.18. The molecule has 1 aromatic heterocycles. The standard InChI is InChI=1S/C11H11N3O/c1-14-6-13-9-5-8-7(4-10(9)14)2-3-12-11(8)15/h4-6H,2-3H2,1H3,(H,12,15). The van der Waals surface area contributed by atoms with Crippen LogP contribution in [0.4, 0.5) is 0 Å². The number of nitrogens with zero attached hydrogens (tertiary/aromatic N) is 2. The van der Waals surface area contributed by atoms with Crippen LogP contribution in [0.5, 0.6) is 0 Å². The zero-order valence-electron chi connectivity index (χ0n) is 8.45. The number of hydrogen-bond acceptors (Lipinski definition) is 2. The molecule has 0 saturated heterocycles. The molecule has 0 unspecified atom stereocenters. The lowest BCUT2D eigenvalue weighted by Crippen LogP contribution is -2.31. The van der Waals surface area contributed by atoms with Gasteiger partial charge >= 0.3 is 0 Å². The number of aromatic nitrogens is 2. The van der Waals surface area contributed by atoms with Gasteiger partial charge in [0.05, 0.1) is 17.4 Å². The molecule has 3 rings (SSSR count). The fourth-order valence-electron chi connectivity index (χ4n) is 2.04. The third kappa shape index (κ3) is 1.14. The monoisotopic (exact) mass is 201 g/mol. The number of carbonyl (C=O) groups is 1. The summed E-state index contributed by atoms with van der Waals surface area (Å²) in [6.45, 7) is 0.731. The Morgan fingerprint density at radius 3 is 3.20 bits per heavy atom. The van der Waals surface area contributed by atoms with Gasteiger partial charge in [-0.3, -0.25) is 4.79 Å². The first kappa shape index (κ1) is 8.47. The molecule has 1 amide bonds. The Morgan fingerprint density at radius 2 is 2.33 bits per heavy atom. The maximum atomic E-state index is 11.6. The summed E-state index contributed by atoms with van der Waals surface area (Å²) in [6, 6.07) is 3.94. The van der Waals surface area contributed by atoms with Gasteiger partial charge in [-0.2, -0.15) is 0 Å². The van der Waals surface area contributed by atoms with Crippen molar-refractivity contribution >= 4 is 16.9 Å². The molecule has 0 saturated carbocycles. The number of fused-ring (bicyclic) bond motifs is 2. The van der Waals surface area contributed by atoms with Crippen LogP contribution in [-0.2, 0) is 13.5 Å². The Balaban J connectivity index is 2.33. The summed E-state index contributed by atoms with van der Waals surface area (Å²) in [5, 5.41) is 2.84. The van der Waals surface area contributed by atoms with Crippen LogP contribution >= 0.6 is 0 Å². The smallest absolute Gasteiger partial charge is 0.251 e. The van der Waals surface area contributed by atoms with Gasteiger partial charge in [-0.1, -0.05) is 0 Å². The van der Waals surface area contributed by atoms with E-state index in [1.54, 1.807) is 6.33 Å². The molecular formula is C11H11N3O. The van der Waals surface area contributed by atoms with Crippen LogP contribution in [0.2, 0.25) is 0 Å². The van der Waals surface area contributed by atoms with Crippen molar-refractivity contribution in [1.82, 2.24) is 14.9 Å². The van der Waals surface area contributed by atoms with Crippen LogP contribution in [0.3, 0.4) is 0 Å². The number of aryl methyl sites for hydroxylation is 1. The van der Waals surface area contributed by atoms with Crippen LogP contribution in [-0.4, -0.2) is 22.0 Å². The van der Waals surface area contributed by atoms with E-state index in [1.165, 1.54) is 0 Å². The molecule has 0 radical (unpaired) electrons. The van der Waals surface area contributed by atoms with Crippen molar-refractivity contribution in [2.75, 3.05) is 6.54 Å². The molecule has 1 aromatic carbocycles. The van der Waals surface area contributed by atoms with Crippen molar-refractivity contribution in [2.24, 2.45) is 7.05 Å². The Morgan fingerprint density at radius 1 is 1.47 bits per heavy atom. The summed E-state index contributed by atoms with van der Waals surface area (Å²) in [7, 11) is 1.96. The van der Waals surface area contributed by atoms with Gasteiger partial charge in [-0.25, -0.2) is 4.98 Å². The van der Waals surface area contributed by atoms with E-state index in [1.807, 2.05) is 17.7 Å². The van der Waals surface area contributed by atoms with Crippen LogP contribution < -0.4 is 5.32 Å². The molecule has 1 N–H and O–H groups in total. The molecule has 4 heteroatoms. The van der Waals surface area contributed by atoms with E-state index in [4.69, 9.17) is 0 Å². The lowest BCUT2D eigenvalue weighted by molar-refractivity contribution is 0.0946. The Labute approximate surface area is 86.9 Å². The zero-order valence-corrected chi connectivity index (χ0v) is 8.45. The average Bonchev–Trinajstić information content (AvgIpc) is 2.59. The summed E-state index contributed by atoms with van der Waals surface area (Å²) in [5.74, 6) is 0.0174. The van der Waals surface area contributed by atoms with E-state index in [2.05, 4.69) is 16.4 Å². The van der Waals surface area contributed by atoms with E-state index >= 15 is 0 Å². The third-order valence-electron chi connectivity index (χ3n) is 2.87.